The first-order valence-corrected chi connectivity index (χ1v) is 6.18. The Balaban J connectivity index is 2.12. The molecule has 0 radical (unpaired) electrons. The molecular weight excluding hydrogens is 256 g/mol. The van der Waals surface area contributed by atoms with Crippen LogP contribution in [0, 0.1) is 0 Å². The van der Waals surface area contributed by atoms with Gasteiger partial charge in [0.2, 0.25) is 5.88 Å². The molecule has 0 saturated heterocycles. The number of hydrogen-bond acceptors (Lipinski definition) is 5. The van der Waals surface area contributed by atoms with Crippen LogP contribution >= 0.6 is 0 Å². The summed E-state index contributed by atoms with van der Waals surface area (Å²) in [4.78, 5) is 15.8. The van der Waals surface area contributed by atoms with Crippen molar-refractivity contribution in [3.63, 3.8) is 0 Å². The van der Waals surface area contributed by atoms with Gasteiger partial charge in [0.1, 0.15) is 18.0 Å². The molecule has 1 aromatic heterocycles. The van der Waals surface area contributed by atoms with Gasteiger partial charge < -0.3 is 14.8 Å². The number of carbonyl (C=O) groups is 1. The van der Waals surface area contributed by atoms with Crippen LogP contribution in [0.2, 0.25) is 0 Å². The molecule has 0 aliphatic heterocycles. The SMILES string of the molecule is CNc1nc(OCc2ccccc2)ccc1C(=O)OC. The molecule has 0 unspecified atom stereocenters. The lowest BCUT2D eigenvalue weighted by Gasteiger charge is -2.10. The van der Waals surface area contributed by atoms with Gasteiger partial charge in [-0.15, -0.1) is 0 Å². The van der Waals surface area contributed by atoms with Crippen molar-refractivity contribution in [2.75, 3.05) is 19.5 Å². The number of methoxy groups -OCH3 is 1. The van der Waals surface area contributed by atoms with Crippen LogP contribution in [0.3, 0.4) is 0 Å². The highest BCUT2D eigenvalue weighted by Gasteiger charge is 2.13. The van der Waals surface area contributed by atoms with Crippen LogP contribution < -0.4 is 10.1 Å². The van der Waals surface area contributed by atoms with E-state index >= 15 is 0 Å². The fraction of sp³-hybridized carbons (Fsp3) is 0.200. The smallest absolute Gasteiger partial charge is 0.341 e. The molecule has 0 fully saturated rings. The molecule has 5 heteroatoms. The van der Waals surface area contributed by atoms with E-state index in [1.165, 1.54) is 7.11 Å². The molecule has 1 heterocycles. The van der Waals surface area contributed by atoms with Crippen molar-refractivity contribution in [3.8, 4) is 5.88 Å². The molecule has 5 nitrogen and oxygen atoms in total. The fourth-order valence-corrected chi connectivity index (χ4v) is 1.72. The molecule has 2 aromatic rings. The lowest BCUT2D eigenvalue weighted by atomic mass is 10.2. The van der Waals surface area contributed by atoms with E-state index in [1.807, 2.05) is 30.3 Å². The number of esters is 1. The van der Waals surface area contributed by atoms with Crippen LogP contribution in [0.15, 0.2) is 42.5 Å². The summed E-state index contributed by atoms with van der Waals surface area (Å²) in [6.07, 6.45) is 0. The molecule has 0 atom stereocenters. The van der Waals surface area contributed by atoms with E-state index in [0.717, 1.165) is 5.56 Å². The predicted molar refractivity (Wildman–Crippen MR) is 75.9 cm³/mol. The highest BCUT2D eigenvalue weighted by atomic mass is 16.5. The molecule has 1 N–H and O–H groups in total. The Hall–Kier alpha value is -2.56. The number of hydrogen-bond donors (Lipinski definition) is 1. The monoisotopic (exact) mass is 272 g/mol. The van der Waals surface area contributed by atoms with Crippen LogP contribution in [-0.2, 0) is 11.3 Å². The van der Waals surface area contributed by atoms with Gasteiger partial charge in [0.05, 0.1) is 7.11 Å². The zero-order valence-corrected chi connectivity index (χ0v) is 11.4. The van der Waals surface area contributed by atoms with Gasteiger partial charge in [-0.3, -0.25) is 0 Å². The summed E-state index contributed by atoms with van der Waals surface area (Å²) in [5.74, 6) is 0.449. The second-order valence-corrected chi connectivity index (χ2v) is 4.06. The van der Waals surface area contributed by atoms with Crippen molar-refractivity contribution in [2.24, 2.45) is 0 Å². The van der Waals surface area contributed by atoms with Gasteiger partial charge in [-0.2, -0.15) is 4.98 Å². The third-order valence-electron chi connectivity index (χ3n) is 2.74. The number of nitrogens with zero attached hydrogens (tertiary/aromatic N) is 1. The lowest BCUT2D eigenvalue weighted by Crippen LogP contribution is -2.08. The third kappa shape index (κ3) is 3.26. The first-order valence-electron chi connectivity index (χ1n) is 6.18. The molecule has 20 heavy (non-hydrogen) atoms. The maximum absolute atomic E-state index is 11.5. The Morgan fingerprint density at radius 2 is 1.95 bits per heavy atom. The summed E-state index contributed by atoms with van der Waals surface area (Å²) < 4.78 is 10.3. The van der Waals surface area contributed by atoms with Gasteiger partial charge in [0.25, 0.3) is 0 Å². The minimum Gasteiger partial charge on any atom is -0.473 e. The van der Waals surface area contributed by atoms with Crippen molar-refractivity contribution >= 4 is 11.8 Å². The number of anilines is 1. The standard InChI is InChI=1S/C15H16N2O3/c1-16-14-12(15(18)19-2)8-9-13(17-14)20-10-11-6-4-3-5-7-11/h3-9H,10H2,1-2H3,(H,16,17). The molecule has 0 saturated carbocycles. The lowest BCUT2D eigenvalue weighted by molar-refractivity contribution is 0.0601. The Kier molecular flexibility index (Phi) is 4.55. The van der Waals surface area contributed by atoms with E-state index in [4.69, 9.17) is 4.74 Å². The Morgan fingerprint density at radius 3 is 2.60 bits per heavy atom. The zero-order chi connectivity index (χ0) is 14.4. The summed E-state index contributed by atoms with van der Waals surface area (Å²) in [6, 6.07) is 13.1. The maximum atomic E-state index is 11.5. The van der Waals surface area contributed by atoms with Gasteiger partial charge in [0.15, 0.2) is 0 Å². The van der Waals surface area contributed by atoms with Gasteiger partial charge in [-0.1, -0.05) is 30.3 Å². The second-order valence-electron chi connectivity index (χ2n) is 4.06. The van der Waals surface area contributed by atoms with Crippen LogP contribution in [0.4, 0.5) is 5.82 Å². The van der Waals surface area contributed by atoms with E-state index < -0.39 is 5.97 Å². The summed E-state index contributed by atoms with van der Waals surface area (Å²) in [5.41, 5.74) is 1.43. The van der Waals surface area contributed by atoms with Crippen molar-refractivity contribution in [2.45, 2.75) is 6.61 Å². The topological polar surface area (TPSA) is 60.5 Å². The van der Waals surface area contributed by atoms with Crippen LogP contribution in [0.5, 0.6) is 5.88 Å². The van der Waals surface area contributed by atoms with E-state index in [-0.39, 0.29) is 0 Å². The van der Waals surface area contributed by atoms with E-state index in [2.05, 4.69) is 15.0 Å². The molecule has 0 aliphatic carbocycles. The number of nitrogens with one attached hydrogen (secondary N) is 1. The molecule has 104 valence electrons. The molecule has 0 amide bonds. The molecule has 2 rings (SSSR count). The first-order chi connectivity index (χ1) is 9.74. The van der Waals surface area contributed by atoms with Gasteiger partial charge in [0, 0.05) is 13.1 Å². The summed E-state index contributed by atoms with van der Waals surface area (Å²) in [7, 11) is 3.03. The molecule has 0 bridgehead atoms. The molecular formula is C15H16N2O3. The maximum Gasteiger partial charge on any atom is 0.341 e. The Bertz CT molecular complexity index is 585. The summed E-state index contributed by atoms with van der Waals surface area (Å²) in [5, 5.41) is 2.86. The van der Waals surface area contributed by atoms with Gasteiger partial charge in [-0.05, 0) is 11.6 Å². The normalized spacial score (nSPS) is 9.90. The number of carbonyl (C=O) groups excluding carboxylic acids is 1. The molecule has 1 aromatic carbocycles. The van der Waals surface area contributed by atoms with Crippen molar-refractivity contribution in [1.29, 1.82) is 0 Å². The molecule has 0 spiro atoms. The first kappa shape index (κ1) is 13.9. The molecule has 0 aliphatic rings. The predicted octanol–water partition coefficient (Wildman–Crippen LogP) is 2.49. The number of rotatable bonds is 5. The number of benzene rings is 1. The fourth-order valence-electron chi connectivity index (χ4n) is 1.72. The Morgan fingerprint density at radius 1 is 1.20 bits per heavy atom. The van der Waals surface area contributed by atoms with Crippen LogP contribution in [-0.4, -0.2) is 25.1 Å². The quantitative estimate of drug-likeness (QED) is 0.847. The van der Waals surface area contributed by atoms with E-state index in [9.17, 15) is 4.79 Å². The largest absolute Gasteiger partial charge is 0.473 e. The zero-order valence-electron chi connectivity index (χ0n) is 11.4. The van der Waals surface area contributed by atoms with Crippen LogP contribution in [0.1, 0.15) is 15.9 Å². The minimum atomic E-state index is -0.434. The van der Waals surface area contributed by atoms with E-state index in [1.54, 1.807) is 19.2 Å². The third-order valence-corrected chi connectivity index (χ3v) is 2.74. The average molecular weight is 272 g/mol. The van der Waals surface area contributed by atoms with Crippen molar-refractivity contribution < 1.29 is 14.3 Å². The number of pyridine rings is 1. The van der Waals surface area contributed by atoms with Crippen molar-refractivity contribution in [1.82, 2.24) is 4.98 Å². The summed E-state index contributed by atoms with van der Waals surface area (Å²) in [6.45, 7) is 0.425. The minimum absolute atomic E-state index is 0.377. The van der Waals surface area contributed by atoms with E-state index in [0.29, 0.717) is 23.9 Å². The average Bonchev–Trinajstić information content (AvgIpc) is 2.52. The summed E-state index contributed by atoms with van der Waals surface area (Å²) >= 11 is 0. The number of ether oxygens (including phenoxy) is 2. The highest BCUT2D eigenvalue weighted by Crippen LogP contribution is 2.19. The van der Waals surface area contributed by atoms with Gasteiger partial charge >= 0.3 is 5.97 Å². The number of aromatic nitrogens is 1. The highest BCUT2D eigenvalue weighted by molar-refractivity contribution is 5.94. The van der Waals surface area contributed by atoms with Gasteiger partial charge in [-0.25, -0.2) is 4.79 Å². The second kappa shape index (κ2) is 6.56. The van der Waals surface area contributed by atoms with Crippen LogP contribution in [0.25, 0.3) is 0 Å². The Labute approximate surface area is 117 Å². The van der Waals surface area contributed by atoms with Crippen molar-refractivity contribution in [3.05, 3.63) is 53.6 Å².